The number of carboxylic acids is 1. The third kappa shape index (κ3) is 8.34. The molecule has 0 radical (unpaired) electrons. The largest absolute Gasteiger partial charge is 0.573 e. The van der Waals surface area contributed by atoms with E-state index in [0.29, 0.717) is 5.56 Å². The van der Waals surface area contributed by atoms with Gasteiger partial charge < -0.3 is 25.5 Å². The molecule has 1 aromatic carbocycles. The van der Waals surface area contributed by atoms with Crippen molar-refractivity contribution in [2.24, 2.45) is 0 Å². The predicted molar refractivity (Wildman–Crippen MR) is 121 cm³/mol. The number of benzene rings is 1. The molecule has 4 N–H and O–H groups in total. The highest BCUT2D eigenvalue weighted by Gasteiger charge is 2.31. The van der Waals surface area contributed by atoms with Crippen LogP contribution in [0.25, 0.3) is 0 Å². The zero-order chi connectivity index (χ0) is 28.7. The molecule has 0 bridgehead atoms. The van der Waals surface area contributed by atoms with Gasteiger partial charge in [-0.2, -0.15) is 4.39 Å². The summed E-state index contributed by atoms with van der Waals surface area (Å²) in [4.78, 5) is 48.0. The highest BCUT2D eigenvalue weighted by molar-refractivity contribution is 6.36. The van der Waals surface area contributed by atoms with Gasteiger partial charge in [-0.05, 0) is 36.1 Å². The maximum atomic E-state index is 14.6. The number of H-pyrrole nitrogens is 1. The second-order valence-corrected chi connectivity index (χ2v) is 7.93. The number of nitrogens with one attached hydrogen (secondary N) is 3. The van der Waals surface area contributed by atoms with Crippen LogP contribution < -0.4 is 20.9 Å². The first kappa shape index (κ1) is 28.7. The third-order valence-electron chi connectivity index (χ3n) is 5.02. The monoisotopic (exact) mass is 558 g/mol. The van der Waals surface area contributed by atoms with Crippen LogP contribution in [0.1, 0.15) is 28.0 Å². The molecule has 2 heterocycles. The summed E-state index contributed by atoms with van der Waals surface area (Å²) in [6, 6.07) is 4.95. The van der Waals surface area contributed by atoms with Gasteiger partial charge in [-0.15, -0.1) is 18.3 Å². The zero-order valence-electron chi connectivity index (χ0n) is 19.6. The lowest BCUT2D eigenvalue weighted by molar-refractivity contribution is -0.274. The van der Waals surface area contributed by atoms with E-state index in [1.54, 1.807) is 5.32 Å². The van der Waals surface area contributed by atoms with E-state index in [1.165, 1.54) is 12.1 Å². The van der Waals surface area contributed by atoms with E-state index in [9.17, 15) is 41.1 Å². The lowest BCUT2D eigenvalue weighted by Crippen LogP contribution is -2.26. The molecule has 0 aliphatic rings. The summed E-state index contributed by atoms with van der Waals surface area (Å²) in [5.41, 5.74) is -1.86. The number of pyridine rings is 1. The van der Waals surface area contributed by atoms with Crippen LogP contribution in [0, 0.1) is 5.82 Å². The fourth-order valence-electron chi connectivity index (χ4n) is 3.27. The van der Waals surface area contributed by atoms with Crippen LogP contribution in [-0.2, 0) is 29.1 Å². The SMILES string of the molecule is O=C(O)C(=O)Nc1c(CCC(F)Cn2cc(C(=O)NCc3cccc(OC(F)(F)F)c3)nn2)c[nH]c(=O)c1F. The first-order valence-corrected chi connectivity index (χ1v) is 10.9. The van der Waals surface area contributed by atoms with Gasteiger partial charge in [0.15, 0.2) is 5.69 Å². The number of alkyl halides is 4. The molecule has 0 saturated carbocycles. The summed E-state index contributed by atoms with van der Waals surface area (Å²) in [7, 11) is 0. The number of aromatic amines is 1. The highest BCUT2D eigenvalue weighted by Crippen LogP contribution is 2.23. The van der Waals surface area contributed by atoms with E-state index in [0.717, 1.165) is 29.2 Å². The molecule has 39 heavy (non-hydrogen) atoms. The van der Waals surface area contributed by atoms with Crippen molar-refractivity contribution in [2.75, 3.05) is 5.32 Å². The number of hydrogen-bond donors (Lipinski definition) is 4. The van der Waals surface area contributed by atoms with Gasteiger partial charge in [0.2, 0.25) is 5.82 Å². The number of carboxylic acid groups (broad SMARTS) is 1. The van der Waals surface area contributed by atoms with E-state index >= 15 is 0 Å². The third-order valence-corrected chi connectivity index (χ3v) is 5.02. The first-order valence-electron chi connectivity index (χ1n) is 10.9. The molecular formula is C22H19F5N6O6. The second kappa shape index (κ2) is 12.1. The molecule has 3 aromatic rings. The number of aliphatic carboxylic acids is 1. The van der Waals surface area contributed by atoms with E-state index in [2.05, 4.69) is 25.3 Å². The smallest absolute Gasteiger partial charge is 0.474 e. The van der Waals surface area contributed by atoms with Crippen LogP contribution in [-0.4, -0.2) is 55.4 Å². The molecule has 12 nitrogen and oxygen atoms in total. The Labute approximate surface area is 214 Å². The number of carbonyl (C=O) groups is 3. The lowest BCUT2D eigenvalue weighted by atomic mass is 10.1. The molecule has 3 rings (SSSR count). The van der Waals surface area contributed by atoms with E-state index in [1.807, 2.05) is 0 Å². The van der Waals surface area contributed by atoms with Crippen LogP contribution in [0.5, 0.6) is 5.75 Å². The first-order chi connectivity index (χ1) is 18.3. The molecule has 0 fully saturated rings. The number of anilines is 1. The molecular weight excluding hydrogens is 539 g/mol. The highest BCUT2D eigenvalue weighted by atomic mass is 19.4. The van der Waals surface area contributed by atoms with E-state index in [4.69, 9.17) is 5.11 Å². The van der Waals surface area contributed by atoms with Crippen LogP contribution in [0.3, 0.4) is 0 Å². The number of aryl methyl sites for hydroxylation is 1. The Morgan fingerprint density at radius 3 is 2.67 bits per heavy atom. The molecule has 17 heteroatoms. The molecule has 0 aliphatic carbocycles. The maximum Gasteiger partial charge on any atom is 0.573 e. The summed E-state index contributed by atoms with van der Waals surface area (Å²) >= 11 is 0. The number of carbonyl (C=O) groups excluding carboxylic acids is 2. The average molecular weight is 558 g/mol. The topological polar surface area (TPSA) is 168 Å². The Morgan fingerprint density at radius 1 is 1.23 bits per heavy atom. The van der Waals surface area contributed by atoms with Crippen molar-refractivity contribution in [2.45, 2.75) is 38.5 Å². The van der Waals surface area contributed by atoms with Crippen molar-refractivity contribution in [3.63, 3.8) is 0 Å². The van der Waals surface area contributed by atoms with Gasteiger partial charge in [0.25, 0.3) is 11.5 Å². The molecule has 2 amide bonds. The quantitative estimate of drug-likeness (QED) is 0.216. The van der Waals surface area contributed by atoms with Crippen LogP contribution in [0.4, 0.5) is 27.6 Å². The molecule has 1 atom stereocenters. The number of halogens is 5. The number of ether oxygens (including phenoxy) is 1. The Morgan fingerprint density at radius 2 is 1.97 bits per heavy atom. The predicted octanol–water partition coefficient (Wildman–Crippen LogP) is 1.93. The molecule has 208 valence electrons. The molecule has 1 unspecified atom stereocenters. The number of aromatic nitrogens is 4. The minimum atomic E-state index is -4.87. The number of rotatable bonds is 10. The Balaban J connectivity index is 1.55. The Hall–Kier alpha value is -4.83. The van der Waals surface area contributed by atoms with Gasteiger partial charge >= 0.3 is 18.2 Å². The Kier molecular flexibility index (Phi) is 8.95. The number of amides is 2. The minimum absolute atomic E-state index is 0.0623. The van der Waals surface area contributed by atoms with Crippen LogP contribution in [0.2, 0.25) is 0 Å². The summed E-state index contributed by atoms with van der Waals surface area (Å²) in [6.07, 6.45) is -4.86. The Bertz CT molecular complexity index is 1420. The second-order valence-electron chi connectivity index (χ2n) is 7.93. The van der Waals surface area contributed by atoms with Gasteiger partial charge in [-0.1, -0.05) is 17.3 Å². The van der Waals surface area contributed by atoms with Crippen molar-refractivity contribution in [1.82, 2.24) is 25.3 Å². The standard InChI is InChI=1S/C22H19F5N6O6/c23-13(5-4-12-8-29-19(35)16(24)17(12)30-20(36)21(37)38)9-33-10-15(31-32-33)18(34)28-7-11-2-1-3-14(6-11)39-22(25,26)27/h1-3,6,8,10,13H,4-5,7,9H2,(H,28,34)(H,37,38)(H2,29,30,35,36). The van der Waals surface area contributed by atoms with Gasteiger partial charge in [0.05, 0.1) is 18.4 Å². The van der Waals surface area contributed by atoms with Crippen molar-refractivity contribution < 1.29 is 46.2 Å². The summed E-state index contributed by atoms with van der Waals surface area (Å²) in [5, 5.41) is 20.1. The summed E-state index contributed by atoms with van der Waals surface area (Å²) in [6.45, 7) is -0.553. The van der Waals surface area contributed by atoms with Gasteiger partial charge in [0.1, 0.15) is 11.9 Å². The normalized spacial score (nSPS) is 12.0. The zero-order valence-corrected chi connectivity index (χ0v) is 19.6. The minimum Gasteiger partial charge on any atom is -0.474 e. The molecule has 0 saturated heterocycles. The molecule has 0 spiro atoms. The van der Waals surface area contributed by atoms with Crippen molar-refractivity contribution in [3.05, 3.63) is 69.7 Å². The molecule has 2 aromatic heterocycles. The van der Waals surface area contributed by atoms with Gasteiger partial charge in [0, 0.05) is 12.7 Å². The summed E-state index contributed by atoms with van der Waals surface area (Å²) in [5.74, 6) is -6.15. The van der Waals surface area contributed by atoms with Crippen LogP contribution >= 0.6 is 0 Å². The van der Waals surface area contributed by atoms with Crippen LogP contribution in [0.15, 0.2) is 41.5 Å². The van der Waals surface area contributed by atoms with Gasteiger partial charge in [-0.25, -0.2) is 13.9 Å². The summed E-state index contributed by atoms with van der Waals surface area (Å²) < 4.78 is 70.6. The lowest BCUT2D eigenvalue weighted by Gasteiger charge is -2.12. The van der Waals surface area contributed by atoms with Crippen molar-refractivity contribution in [3.8, 4) is 5.75 Å². The fourth-order valence-corrected chi connectivity index (χ4v) is 3.27. The molecule has 0 aliphatic heterocycles. The fraction of sp³-hybridized carbons (Fsp3) is 0.273. The van der Waals surface area contributed by atoms with Crippen molar-refractivity contribution >= 4 is 23.5 Å². The maximum absolute atomic E-state index is 14.6. The number of nitrogens with zero attached hydrogens (tertiary/aromatic N) is 3. The average Bonchev–Trinajstić information content (AvgIpc) is 3.32. The van der Waals surface area contributed by atoms with E-state index < -0.39 is 53.1 Å². The number of hydrogen-bond acceptors (Lipinski definition) is 7. The van der Waals surface area contributed by atoms with Gasteiger partial charge in [-0.3, -0.25) is 14.4 Å². The van der Waals surface area contributed by atoms with Crippen molar-refractivity contribution in [1.29, 1.82) is 0 Å². The van der Waals surface area contributed by atoms with E-state index in [-0.39, 0.29) is 37.2 Å².